The predicted molar refractivity (Wildman–Crippen MR) is 61.6 cm³/mol. The molecule has 0 aromatic carbocycles. The summed E-state index contributed by atoms with van der Waals surface area (Å²) in [7, 11) is 2.69. The molecular formula is C9H12BrN3O3. The highest BCUT2D eigenvalue weighted by Crippen LogP contribution is 2.13. The van der Waals surface area contributed by atoms with Crippen LogP contribution in [0.5, 0.6) is 0 Å². The Kier molecular flexibility index (Phi) is 4.17. The lowest BCUT2D eigenvalue weighted by Crippen LogP contribution is -2.57. The van der Waals surface area contributed by atoms with E-state index in [-0.39, 0.29) is 0 Å². The molecule has 0 saturated carbocycles. The molecule has 1 aliphatic heterocycles. The first-order chi connectivity index (χ1) is 7.50. The van der Waals surface area contributed by atoms with Crippen LogP contribution in [0.25, 0.3) is 0 Å². The molecule has 1 saturated heterocycles. The van der Waals surface area contributed by atoms with E-state index in [1.54, 1.807) is 0 Å². The van der Waals surface area contributed by atoms with Gasteiger partial charge in [-0.2, -0.15) is 0 Å². The molecule has 0 aromatic heterocycles. The van der Waals surface area contributed by atoms with Gasteiger partial charge in [0.15, 0.2) is 5.92 Å². The molecule has 0 aliphatic carbocycles. The summed E-state index contributed by atoms with van der Waals surface area (Å²) in [5.74, 6) is -2.05. The molecule has 0 spiro atoms. The number of aliphatic imine (C=N–C) groups is 1. The van der Waals surface area contributed by atoms with Crippen LogP contribution in [0.1, 0.15) is 0 Å². The van der Waals surface area contributed by atoms with Crippen LogP contribution in [0.2, 0.25) is 0 Å². The normalized spacial score (nSPS) is 19.1. The fourth-order valence-corrected chi connectivity index (χ4v) is 1.50. The minimum Gasteiger partial charge on any atom is -0.295 e. The molecule has 1 heterocycles. The Labute approximate surface area is 101 Å². The van der Waals surface area contributed by atoms with Gasteiger partial charge in [0, 0.05) is 32.2 Å². The lowest BCUT2D eigenvalue weighted by molar-refractivity contribution is -0.144. The summed E-state index contributed by atoms with van der Waals surface area (Å²) in [6.07, 6.45) is 1.30. The van der Waals surface area contributed by atoms with Gasteiger partial charge < -0.3 is 0 Å². The third-order valence-electron chi connectivity index (χ3n) is 2.24. The Morgan fingerprint density at radius 1 is 1.25 bits per heavy atom. The van der Waals surface area contributed by atoms with E-state index in [0.29, 0.717) is 11.9 Å². The quantitative estimate of drug-likeness (QED) is 0.421. The molecule has 4 amide bonds. The average Bonchev–Trinajstić information content (AvgIpc) is 2.28. The molecule has 88 valence electrons. The number of barbiturate groups is 1. The molecule has 0 bridgehead atoms. The Balaban J connectivity index is 2.87. The van der Waals surface area contributed by atoms with Crippen LogP contribution < -0.4 is 0 Å². The van der Waals surface area contributed by atoms with Crippen LogP contribution in [0.3, 0.4) is 0 Å². The first-order valence-corrected chi connectivity index (χ1v) is 5.78. The smallest absolute Gasteiger partial charge is 0.295 e. The fourth-order valence-electron chi connectivity index (χ4n) is 1.29. The zero-order valence-electron chi connectivity index (χ0n) is 9.01. The SMILES string of the molecule is CN1C(=O)C(C=NCCBr)C(=O)N(C)C1=O. The number of nitrogens with zero attached hydrogens (tertiary/aromatic N) is 3. The molecule has 0 unspecified atom stereocenters. The third kappa shape index (κ3) is 2.29. The number of urea groups is 1. The van der Waals surface area contributed by atoms with Crippen molar-refractivity contribution in [3.8, 4) is 0 Å². The van der Waals surface area contributed by atoms with Crippen molar-refractivity contribution in [3.05, 3.63) is 0 Å². The predicted octanol–water partition coefficient (Wildman–Crippen LogP) is 0.119. The second-order valence-electron chi connectivity index (χ2n) is 3.30. The van der Waals surface area contributed by atoms with E-state index in [2.05, 4.69) is 20.9 Å². The van der Waals surface area contributed by atoms with E-state index in [9.17, 15) is 14.4 Å². The van der Waals surface area contributed by atoms with E-state index >= 15 is 0 Å². The van der Waals surface area contributed by atoms with Gasteiger partial charge in [-0.3, -0.25) is 24.4 Å². The largest absolute Gasteiger partial charge is 0.332 e. The summed E-state index contributed by atoms with van der Waals surface area (Å²) in [5, 5.41) is 0.656. The molecule has 1 aliphatic rings. The van der Waals surface area contributed by atoms with Crippen LogP contribution in [-0.4, -0.2) is 59.8 Å². The van der Waals surface area contributed by atoms with Gasteiger partial charge in [0.2, 0.25) is 11.8 Å². The van der Waals surface area contributed by atoms with Crippen molar-refractivity contribution in [2.24, 2.45) is 10.9 Å². The molecule has 0 atom stereocenters. The van der Waals surface area contributed by atoms with E-state index in [1.807, 2.05) is 0 Å². The van der Waals surface area contributed by atoms with Crippen molar-refractivity contribution in [1.82, 2.24) is 9.80 Å². The van der Waals surface area contributed by atoms with Crippen LogP contribution in [0.15, 0.2) is 4.99 Å². The maximum atomic E-state index is 11.6. The van der Waals surface area contributed by atoms with Crippen molar-refractivity contribution >= 4 is 40.0 Å². The van der Waals surface area contributed by atoms with E-state index in [1.165, 1.54) is 20.3 Å². The minimum absolute atomic E-state index is 0.485. The Morgan fingerprint density at radius 3 is 2.19 bits per heavy atom. The Hall–Kier alpha value is -1.24. The third-order valence-corrected chi connectivity index (χ3v) is 2.59. The topological polar surface area (TPSA) is 70.1 Å². The summed E-state index contributed by atoms with van der Waals surface area (Å²) in [4.78, 5) is 40.4. The van der Waals surface area contributed by atoms with Crippen LogP contribution in [-0.2, 0) is 9.59 Å². The van der Waals surface area contributed by atoms with Gasteiger partial charge in [-0.25, -0.2) is 4.79 Å². The fraction of sp³-hybridized carbons (Fsp3) is 0.556. The van der Waals surface area contributed by atoms with Crippen molar-refractivity contribution in [3.63, 3.8) is 0 Å². The Bertz CT molecular complexity index is 332. The lowest BCUT2D eigenvalue weighted by atomic mass is 10.1. The monoisotopic (exact) mass is 289 g/mol. The highest BCUT2D eigenvalue weighted by molar-refractivity contribution is 9.09. The van der Waals surface area contributed by atoms with Crippen LogP contribution in [0, 0.1) is 5.92 Å². The van der Waals surface area contributed by atoms with Crippen molar-refractivity contribution < 1.29 is 14.4 Å². The first-order valence-electron chi connectivity index (χ1n) is 4.65. The number of hydrogen-bond acceptors (Lipinski definition) is 4. The highest BCUT2D eigenvalue weighted by atomic mass is 79.9. The minimum atomic E-state index is -0.980. The number of rotatable bonds is 3. The number of imide groups is 2. The molecule has 0 radical (unpaired) electrons. The number of amides is 4. The summed E-state index contributed by atoms with van der Waals surface area (Å²) < 4.78 is 0. The van der Waals surface area contributed by atoms with Crippen molar-refractivity contribution in [1.29, 1.82) is 0 Å². The van der Waals surface area contributed by atoms with Crippen molar-refractivity contribution in [2.75, 3.05) is 26.0 Å². The summed E-state index contributed by atoms with van der Waals surface area (Å²) in [5.41, 5.74) is 0. The molecule has 0 N–H and O–H groups in total. The van der Waals surface area contributed by atoms with Gasteiger partial charge in [-0.05, 0) is 0 Å². The van der Waals surface area contributed by atoms with Crippen LogP contribution >= 0.6 is 15.9 Å². The Morgan fingerprint density at radius 2 is 1.75 bits per heavy atom. The molecule has 6 nitrogen and oxygen atoms in total. The van der Waals surface area contributed by atoms with E-state index in [0.717, 1.165) is 9.80 Å². The number of carbonyl (C=O) groups excluding carboxylic acids is 3. The summed E-state index contributed by atoms with van der Waals surface area (Å²) in [6.45, 7) is 0.485. The summed E-state index contributed by atoms with van der Waals surface area (Å²) in [6, 6.07) is -0.611. The molecule has 1 rings (SSSR count). The van der Waals surface area contributed by atoms with Gasteiger partial charge in [0.1, 0.15) is 0 Å². The second-order valence-corrected chi connectivity index (χ2v) is 4.09. The molecule has 0 aromatic rings. The van der Waals surface area contributed by atoms with Gasteiger partial charge in [-0.1, -0.05) is 15.9 Å². The lowest BCUT2D eigenvalue weighted by Gasteiger charge is -2.31. The zero-order valence-corrected chi connectivity index (χ0v) is 10.6. The number of halogens is 1. The van der Waals surface area contributed by atoms with E-state index in [4.69, 9.17) is 0 Å². The molecule has 7 heteroatoms. The molecule has 16 heavy (non-hydrogen) atoms. The molecule has 1 fully saturated rings. The zero-order chi connectivity index (χ0) is 12.3. The van der Waals surface area contributed by atoms with Gasteiger partial charge in [0.25, 0.3) is 0 Å². The highest BCUT2D eigenvalue weighted by Gasteiger charge is 2.41. The van der Waals surface area contributed by atoms with Crippen LogP contribution in [0.4, 0.5) is 4.79 Å². The maximum Gasteiger partial charge on any atom is 0.332 e. The van der Waals surface area contributed by atoms with Gasteiger partial charge in [-0.15, -0.1) is 0 Å². The number of carbonyl (C=O) groups is 3. The second kappa shape index (κ2) is 5.20. The molecular weight excluding hydrogens is 278 g/mol. The maximum absolute atomic E-state index is 11.6. The first kappa shape index (κ1) is 12.8. The summed E-state index contributed by atoms with van der Waals surface area (Å²) >= 11 is 3.18. The standard InChI is InChI=1S/C9H12BrN3O3/c1-12-7(14)6(5-11-4-3-10)8(15)13(2)9(12)16/h5-6H,3-4H2,1-2H3. The number of alkyl halides is 1. The van der Waals surface area contributed by atoms with Crippen molar-refractivity contribution in [2.45, 2.75) is 0 Å². The average molecular weight is 290 g/mol. The van der Waals surface area contributed by atoms with Gasteiger partial charge in [0.05, 0.1) is 0 Å². The van der Waals surface area contributed by atoms with Gasteiger partial charge >= 0.3 is 6.03 Å². The van der Waals surface area contributed by atoms with E-state index < -0.39 is 23.8 Å². The number of hydrogen-bond donors (Lipinski definition) is 0.